The van der Waals surface area contributed by atoms with E-state index in [4.69, 9.17) is 5.73 Å². The average Bonchev–Trinajstić information content (AvgIpc) is 2.75. The van der Waals surface area contributed by atoms with E-state index in [0.717, 1.165) is 42.7 Å². The number of hydrogen-bond acceptors (Lipinski definition) is 2. The number of benzene rings is 1. The first-order valence-electron chi connectivity index (χ1n) is 7.14. The summed E-state index contributed by atoms with van der Waals surface area (Å²) in [6.07, 6.45) is 3.22. The normalized spacial score (nSPS) is 13.9. The van der Waals surface area contributed by atoms with Crippen LogP contribution in [0.4, 0.5) is 0 Å². The molecule has 3 heteroatoms. The van der Waals surface area contributed by atoms with E-state index in [0.29, 0.717) is 11.3 Å². The van der Waals surface area contributed by atoms with Crippen LogP contribution in [0.5, 0.6) is 0 Å². The SMILES string of the molecule is CC(C)(C)C(CCN)CCc1nc2ccccc2[nH]1. The number of aromatic amines is 1. The third kappa shape index (κ3) is 3.57. The highest BCUT2D eigenvalue weighted by Gasteiger charge is 2.23. The topological polar surface area (TPSA) is 54.7 Å². The summed E-state index contributed by atoms with van der Waals surface area (Å²) < 4.78 is 0. The third-order valence-corrected chi connectivity index (χ3v) is 3.91. The summed E-state index contributed by atoms with van der Waals surface area (Å²) in [5.41, 5.74) is 8.23. The quantitative estimate of drug-likeness (QED) is 0.863. The Labute approximate surface area is 115 Å². The van der Waals surface area contributed by atoms with Gasteiger partial charge in [0.05, 0.1) is 11.0 Å². The van der Waals surface area contributed by atoms with Crippen molar-refractivity contribution in [2.45, 2.75) is 40.0 Å². The van der Waals surface area contributed by atoms with Crippen LogP contribution in [-0.2, 0) is 6.42 Å². The van der Waals surface area contributed by atoms with Crippen molar-refractivity contribution in [3.05, 3.63) is 30.1 Å². The summed E-state index contributed by atoms with van der Waals surface area (Å²) in [4.78, 5) is 8.04. The molecule has 2 rings (SSSR count). The highest BCUT2D eigenvalue weighted by atomic mass is 14.9. The minimum atomic E-state index is 0.311. The molecule has 0 radical (unpaired) electrons. The number of para-hydroxylation sites is 2. The summed E-state index contributed by atoms with van der Waals surface area (Å²) in [5, 5.41) is 0. The first-order chi connectivity index (χ1) is 9.00. The molecule has 104 valence electrons. The predicted molar refractivity (Wildman–Crippen MR) is 81.0 cm³/mol. The van der Waals surface area contributed by atoms with Crippen molar-refractivity contribution < 1.29 is 0 Å². The lowest BCUT2D eigenvalue weighted by molar-refractivity contribution is 0.214. The molecule has 3 nitrogen and oxygen atoms in total. The Balaban J connectivity index is 2.04. The number of imidazole rings is 1. The first kappa shape index (κ1) is 14.1. The van der Waals surface area contributed by atoms with Crippen molar-refractivity contribution in [3.8, 4) is 0 Å². The van der Waals surface area contributed by atoms with Crippen molar-refractivity contribution >= 4 is 11.0 Å². The number of fused-ring (bicyclic) bond motifs is 1. The Bertz CT molecular complexity index is 489. The van der Waals surface area contributed by atoms with Crippen LogP contribution in [0.3, 0.4) is 0 Å². The van der Waals surface area contributed by atoms with E-state index in [9.17, 15) is 0 Å². The fourth-order valence-electron chi connectivity index (χ4n) is 2.65. The van der Waals surface area contributed by atoms with Gasteiger partial charge in [0.25, 0.3) is 0 Å². The molecule has 19 heavy (non-hydrogen) atoms. The molecule has 1 unspecified atom stereocenters. The summed E-state index contributed by atoms with van der Waals surface area (Å²) >= 11 is 0. The number of rotatable bonds is 5. The molecule has 1 aromatic carbocycles. The van der Waals surface area contributed by atoms with E-state index in [1.807, 2.05) is 12.1 Å². The van der Waals surface area contributed by atoms with Gasteiger partial charge in [-0.25, -0.2) is 4.98 Å². The number of nitrogens with two attached hydrogens (primary N) is 1. The summed E-state index contributed by atoms with van der Waals surface area (Å²) in [7, 11) is 0. The van der Waals surface area contributed by atoms with Gasteiger partial charge in [0.2, 0.25) is 0 Å². The first-order valence-corrected chi connectivity index (χ1v) is 7.14. The van der Waals surface area contributed by atoms with Gasteiger partial charge in [-0.15, -0.1) is 0 Å². The van der Waals surface area contributed by atoms with Crippen LogP contribution in [-0.4, -0.2) is 16.5 Å². The van der Waals surface area contributed by atoms with Crippen LogP contribution in [0.25, 0.3) is 11.0 Å². The second-order valence-electron chi connectivity index (χ2n) is 6.38. The summed E-state index contributed by atoms with van der Waals surface area (Å²) in [6.45, 7) is 7.66. The van der Waals surface area contributed by atoms with Gasteiger partial charge in [0.15, 0.2) is 0 Å². The van der Waals surface area contributed by atoms with Gasteiger partial charge in [-0.1, -0.05) is 32.9 Å². The van der Waals surface area contributed by atoms with Gasteiger partial charge < -0.3 is 10.7 Å². The minimum absolute atomic E-state index is 0.311. The van der Waals surface area contributed by atoms with E-state index in [1.165, 1.54) is 0 Å². The number of H-pyrrole nitrogens is 1. The summed E-state index contributed by atoms with van der Waals surface area (Å²) in [5.74, 6) is 1.73. The van der Waals surface area contributed by atoms with Crippen molar-refractivity contribution in [2.75, 3.05) is 6.54 Å². The lowest BCUT2D eigenvalue weighted by Crippen LogP contribution is -2.24. The van der Waals surface area contributed by atoms with Gasteiger partial charge >= 0.3 is 0 Å². The van der Waals surface area contributed by atoms with Crippen LogP contribution in [0.2, 0.25) is 0 Å². The largest absolute Gasteiger partial charge is 0.342 e. The molecule has 1 atom stereocenters. The Hall–Kier alpha value is -1.35. The highest BCUT2D eigenvalue weighted by molar-refractivity contribution is 5.74. The van der Waals surface area contributed by atoms with E-state index in [1.54, 1.807) is 0 Å². The van der Waals surface area contributed by atoms with Gasteiger partial charge in [-0.05, 0) is 42.9 Å². The van der Waals surface area contributed by atoms with Crippen LogP contribution in [0, 0.1) is 11.3 Å². The third-order valence-electron chi connectivity index (χ3n) is 3.91. The monoisotopic (exact) mass is 259 g/mol. The van der Waals surface area contributed by atoms with E-state index in [2.05, 4.69) is 42.9 Å². The average molecular weight is 259 g/mol. The second kappa shape index (κ2) is 5.74. The highest BCUT2D eigenvalue weighted by Crippen LogP contribution is 2.32. The lowest BCUT2D eigenvalue weighted by Gasteiger charge is -2.30. The molecule has 0 saturated carbocycles. The van der Waals surface area contributed by atoms with Crippen LogP contribution in [0.15, 0.2) is 24.3 Å². The van der Waals surface area contributed by atoms with Crippen molar-refractivity contribution in [1.82, 2.24) is 9.97 Å². The van der Waals surface area contributed by atoms with Gasteiger partial charge in [0.1, 0.15) is 5.82 Å². The molecule has 0 aliphatic rings. The van der Waals surface area contributed by atoms with Crippen molar-refractivity contribution in [1.29, 1.82) is 0 Å². The number of aromatic nitrogens is 2. The molecule has 2 aromatic rings. The summed E-state index contributed by atoms with van der Waals surface area (Å²) in [6, 6.07) is 8.19. The fraction of sp³-hybridized carbons (Fsp3) is 0.562. The molecular formula is C16H25N3. The predicted octanol–water partition coefficient (Wildman–Crippen LogP) is 3.51. The van der Waals surface area contributed by atoms with E-state index >= 15 is 0 Å². The number of hydrogen-bond donors (Lipinski definition) is 2. The number of nitrogens with zero attached hydrogens (tertiary/aromatic N) is 1. The van der Waals surface area contributed by atoms with E-state index < -0.39 is 0 Å². The van der Waals surface area contributed by atoms with Crippen LogP contribution >= 0.6 is 0 Å². The second-order valence-corrected chi connectivity index (χ2v) is 6.38. The molecule has 3 N–H and O–H groups in total. The zero-order valence-electron chi connectivity index (χ0n) is 12.2. The molecule has 0 aliphatic carbocycles. The van der Waals surface area contributed by atoms with E-state index in [-0.39, 0.29) is 0 Å². The maximum Gasteiger partial charge on any atom is 0.107 e. The molecule has 0 spiro atoms. The molecule has 0 aliphatic heterocycles. The molecule has 0 saturated heterocycles. The van der Waals surface area contributed by atoms with Gasteiger partial charge in [-0.2, -0.15) is 0 Å². The zero-order chi connectivity index (χ0) is 13.9. The maximum absolute atomic E-state index is 5.73. The number of aryl methyl sites for hydroxylation is 1. The molecule has 1 heterocycles. The van der Waals surface area contributed by atoms with Crippen molar-refractivity contribution in [3.63, 3.8) is 0 Å². The minimum Gasteiger partial charge on any atom is -0.342 e. The van der Waals surface area contributed by atoms with Gasteiger partial charge in [-0.3, -0.25) is 0 Å². The van der Waals surface area contributed by atoms with Crippen molar-refractivity contribution in [2.24, 2.45) is 17.1 Å². The molecular weight excluding hydrogens is 234 g/mol. The maximum atomic E-state index is 5.73. The Kier molecular flexibility index (Phi) is 4.25. The smallest absolute Gasteiger partial charge is 0.107 e. The Morgan fingerprint density at radius 1 is 1.21 bits per heavy atom. The zero-order valence-corrected chi connectivity index (χ0v) is 12.2. The molecule has 1 aromatic heterocycles. The van der Waals surface area contributed by atoms with Gasteiger partial charge in [0, 0.05) is 6.42 Å². The number of nitrogens with one attached hydrogen (secondary N) is 1. The van der Waals surface area contributed by atoms with Crippen LogP contribution in [0.1, 0.15) is 39.4 Å². The standard InChI is InChI=1S/C16H25N3/c1-16(2,3)12(10-11-17)8-9-15-18-13-6-4-5-7-14(13)19-15/h4-7,12H,8-11,17H2,1-3H3,(H,18,19). The van der Waals surface area contributed by atoms with Crippen LogP contribution < -0.4 is 5.73 Å². The Morgan fingerprint density at radius 2 is 1.95 bits per heavy atom. The fourth-order valence-corrected chi connectivity index (χ4v) is 2.65. The molecule has 0 fully saturated rings. The Morgan fingerprint density at radius 3 is 2.58 bits per heavy atom. The molecule has 0 bridgehead atoms. The lowest BCUT2D eigenvalue weighted by atomic mass is 9.76. The molecule has 0 amide bonds.